The van der Waals surface area contributed by atoms with E-state index in [4.69, 9.17) is 0 Å². The van der Waals surface area contributed by atoms with Gasteiger partial charge in [-0.3, -0.25) is 4.68 Å². The summed E-state index contributed by atoms with van der Waals surface area (Å²) >= 11 is 0. The van der Waals surface area contributed by atoms with E-state index in [0.717, 1.165) is 12.0 Å². The summed E-state index contributed by atoms with van der Waals surface area (Å²) in [5, 5.41) is 4.36. The fourth-order valence-corrected chi connectivity index (χ4v) is 1.65. The van der Waals surface area contributed by atoms with Crippen molar-refractivity contribution >= 4 is 0 Å². The van der Waals surface area contributed by atoms with Crippen LogP contribution in [0.3, 0.4) is 0 Å². The lowest BCUT2D eigenvalue weighted by Gasteiger charge is -2.02. The molecule has 2 saturated carbocycles. The number of aromatic nitrogens is 2. The predicted molar refractivity (Wildman–Crippen MR) is 42.5 cm³/mol. The van der Waals surface area contributed by atoms with Crippen LogP contribution in [0.15, 0.2) is 12.3 Å². The molecule has 0 saturated heterocycles. The van der Waals surface area contributed by atoms with Crippen molar-refractivity contribution in [2.75, 3.05) is 0 Å². The lowest BCUT2D eigenvalue weighted by molar-refractivity contribution is 0.606. The average molecular weight is 148 g/mol. The maximum Gasteiger partial charge on any atom is 0.0524 e. The van der Waals surface area contributed by atoms with E-state index in [1.165, 1.54) is 31.4 Å². The second-order valence-electron chi connectivity index (χ2n) is 3.71. The van der Waals surface area contributed by atoms with Crippen molar-refractivity contribution in [2.45, 2.75) is 37.6 Å². The van der Waals surface area contributed by atoms with Gasteiger partial charge in [-0.1, -0.05) is 0 Å². The van der Waals surface area contributed by atoms with Crippen molar-refractivity contribution in [1.82, 2.24) is 9.78 Å². The fourth-order valence-electron chi connectivity index (χ4n) is 1.65. The molecule has 0 N–H and O–H groups in total. The van der Waals surface area contributed by atoms with Gasteiger partial charge in [-0.25, -0.2) is 0 Å². The maximum atomic E-state index is 4.36. The monoisotopic (exact) mass is 148 g/mol. The average Bonchev–Trinajstić information content (AvgIpc) is 2.91. The molecule has 2 nitrogen and oxygen atoms in total. The van der Waals surface area contributed by atoms with Crippen molar-refractivity contribution in [3.63, 3.8) is 0 Å². The normalized spacial score (nSPS) is 24.0. The van der Waals surface area contributed by atoms with E-state index < -0.39 is 0 Å². The lowest BCUT2D eigenvalue weighted by atomic mass is 10.3. The Morgan fingerprint density at radius 2 is 2.09 bits per heavy atom. The van der Waals surface area contributed by atoms with Gasteiger partial charge in [0.15, 0.2) is 0 Å². The predicted octanol–water partition coefficient (Wildman–Crippen LogP) is 2.10. The molecular weight excluding hydrogens is 136 g/mol. The molecule has 0 amide bonds. The van der Waals surface area contributed by atoms with Crippen LogP contribution in [0, 0.1) is 0 Å². The first-order valence-electron chi connectivity index (χ1n) is 4.48. The van der Waals surface area contributed by atoms with Gasteiger partial charge < -0.3 is 0 Å². The molecule has 0 aliphatic heterocycles. The third-order valence-corrected chi connectivity index (χ3v) is 2.59. The second kappa shape index (κ2) is 1.87. The molecule has 0 radical (unpaired) electrons. The Labute approximate surface area is 66.2 Å². The van der Waals surface area contributed by atoms with Crippen LogP contribution in [0.25, 0.3) is 0 Å². The molecule has 2 fully saturated rings. The Kier molecular flexibility index (Phi) is 0.989. The molecule has 2 aliphatic rings. The Balaban J connectivity index is 1.98. The van der Waals surface area contributed by atoms with Crippen LogP contribution in [0.1, 0.15) is 43.3 Å². The van der Waals surface area contributed by atoms with Crippen LogP contribution in [0.2, 0.25) is 0 Å². The Hall–Kier alpha value is -0.790. The minimum atomic E-state index is 0.764. The van der Waals surface area contributed by atoms with Crippen molar-refractivity contribution < 1.29 is 0 Å². The SMILES string of the molecule is c1cc(C2CC2)n(C2CC2)n1. The van der Waals surface area contributed by atoms with E-state index in [0.29, 0.717) is 0 Å². The first-order valence-corrected chi connectivity index (χ1v) is 4.48. The number of hydrogen-bond acceptors (Lipinski definition) is 1. The zero-order valence-corrected chi connectivity index (χ0v) is 6.53. The Morgan fingerprint density at radius 1 is 1.27 bits per heavy atom. The van der Waals surface area contributed by atoms with Crippen molar-refractivity contribution in [1.29, 1.82) is 0 Å². The summed E-state index contributed by atoms with van der Waals surface area (Å²) in [6.45, 7) is 0. The third-order valence-electron chi connectivity index (χ3n) is 2.59. The highest BCUT2D eigenvalue weighted by Gasteiger charge is 2.32. The van der Waals surface area contributed by atoms with Crippen molar-refractivity contribution in [3.8, 4) is 0 Å². The van der Waals surface area contributed by atoms with Crippen molar-refractivity contribution in [2.24, 2.45) is 0 Å². The third kappa shape index (κ3) is 0.889. The van der Waals surface area contributed by atoms with E-state index >= 15 is 0 Å². The first-order chi connectivity index (χ1) is 5.45. The molecule has 1 aromatic heterocycles. The summed E-state index contributed by atoms with van der Waals surface area (Å²) in [4.78, 5) is 0. The summed E-state index contributed by atoms with van der Waals surface area (Å²) in [7, 11) is 0. The molecule has 0 unspecified atom stereocenters. The summed E-state index contributed by atoms with van der Waals surface area (Å²) in [5.74, 6) is 0.859. The largest absolute Gasteiger partial charge is 0.266 e. The Bertz CT molecular complexity index is 242. The highest BCUT2D eigenvalue weighted by molar-refractivity contribution is 5.15. The van der Waals surface area contributed by atoms with E-state index in [2.05, 4.69) is 15.8 Å². The highest BCUT2D eigenvalue weighted by atomic mass is 15.3. The van der Waals surface area contributed by atoms with Gasteiger partial charge in [0.2, 0.25) is 0 Å². The molecule has 1 heterocycles. The van der Waals surface area contributed by atoms with Gasteiger partial charge in [-0.2, -0.15) is 5.10 Å². The molecule has 0 aromatic carbocycles. The van der Waals surface area contributed by atoms with Gasteiger partial charge in [0.25, 0.3) is 0 Å². The first kappa shape index (κ1) is 5.81. The molecule has 0 atom stereocenters. The van der Waals surface area contributed by atoms with E-state index in [-0.39, 0.29) is 0 Å². The van der Waals surface area contributed by atoms with Crippen LogP contribution < -0.4 is 0 Å². The summed E-state index contributed by atoms with van der Waals surface area (Å²) in [5.41, 5.74) is 1.49. The standard InChI is InChI=1S/C9H12N2/c1-2-7(1)9-5-6-10-11(9)8-3-4-8/h5-8H,1-4H2. The molecule has 0 bridgehead atoms. The summed E-state index contributed by atoms with van der Waals surface area (Å²) in [6, 6.07) is 2.95. The topological polar surface area (TPSA) is 17.8 Å². The minimum absolute atomic E-state index is 0.764. The van der Waals surface area contributed by atoms with Gasteiger partial charge in [0.05, 0.1) is 6.04 Å². The number of hydrogen-bond donors (Lipinski definition) is 0. The fraction of sp³-hybridized carbons (Fsp3) is 0.667. The van der Waals surface area contributed by atoms with E-state index in [1.807, 2.05) is 6.20 Å². The van der Waals surface area contributed by atoms with Crippen LogP contribution in [0.5, 0.6) is 0 Å². The molecule has 2 heteroatoms. The maximum absolute atomic E-state index is 4.36. The van der Waals surface area contributed by atoms with Gasteiger partial charge in [0.1, 0.15) is 0 Å². The second-order valence-corrected chi connectivity index (χ2v) is 3.71. The quantitative estimate of drug-likeness (QED) is 0.628. The van der Waals surface area contributed by atoms with Crippen LogP contribution in [-0.4, -0.2) is 9.78 Å². The number of nitrogens with zero attached hydrogens (tertiary/aromatic N) is 2. The molecule has 2 aliphatic carbocycles. The Morgan fingerprint density at radius 3 is 2.73 bits per heavy atom. The summed E-state index contributed by atoms with van der Waals surface area (Å²) in [6.07, 6.45) is 7.42. The van der Waals surface area contributed by atoms with Crippen LogP contribution in [-0.2, 0) is 0 Å². The highest BCUT2D eigenvalue weighted by Crippen LogP contribution is 2.44. The lowest BCUT2D eigenvalue weighted by Crippen LogP contribution is -2.00. The van der Waals surface area contributed by atoms with Gasteiger partial charge >= 0.3 is 0 Å². The molecule has 58 valence electrons. The van der Waals surface area contributed by atoms with Crippen molar-refractivity contribution in [3.05, 3.63) is 18.0 Å². The van der Waals surface area contributed by atoms with Gasteiger partial charge in [0, 0.05) is 17.8 Å². The smallest absolute Gasteiger partial charge is 0.0524 e. The zero-order valence-electron chi connectivity index (χ0n) is 6.53. The van der Waals surface area contributed by atoms with Crippen LogP contribution >= 0.6 is 0 Å². The molecule has 11 heavy (non-hydrogen) atoms. The molecule has 3 rings (SSSR count). The van der Waals surface area contributed by atoms with E-state index in [9.17, 15) is 0 Å². The molecule has 1 aromatic rings. The summed E-state index contributed by atoms with van der Waals surface area (Å²) < 4.78 is 2.25. The van der Waals surface area contributed by atoms with E-state index in [1.54, 1.807) is 0 Å². The molecule has 0 spiro atoms. The van der Waals surface area contributed by atoms with Crippen LogP contribution in [0.4, 0.5) is 0 Å². The number of rotatable bonds is 2. The van der Waals surface area contributed by atoms with Gasteiger partial charge in [-0.05, 0) is 31.7 Å². The molecular formula is C9H12N2. The minimum Gasteiger partial charge on any atom is -0.266 e. The zero-order chi connectivity index (χ0) is 7.26. The van der Waals surface area contributed by atoms with Gasteiger partial charge in [-0.15, -0.1) is 0 Å².